The molecule has 1 saturated carbocycles. The lowest BCUT2D eigenvalue weighted by Crippen LogP contribution is -2.35. The van der Waals surface area contributed by atoms with E-state index in [1.54, 1.807) is 10.9 Å². The molecule has 0 radical (unpaired) electrons. The summed E-state index contributed by atoms with van der Waals surface area (Å²) in [6.07, 6.45) is 3.73. The van der Waals surface area contributed by atoms with Crippen molar-refractivity contribution in [2.24, 2.45) is 0 Å². The van der Waals surface area contributed by atoms with Gasteiger partial charge in [0, 0.05) is 11.6 Å². The van der Waals surface area contributed by atoms with Gasteiger partial charge < -0.3 is 9.32 Å². The first-order chi connectivity index (χ1) is 13.0. The molecule has 0 spiro atoms. The van der Waals surface area contributed by atoms with Crippen molar-refractivity contribution in [3.05, 3.63) is 70.4 Å². The van der Waals surface area contributed by atoms with E-state index in [0.29, 0.717) is 10.6 Å². The van der Waals surface area contributed by atoms with Crippen molar-refractivity contribution in [3.63, 3.8) is 0 Å². The number of halogens is 1. The van der Waals surface area contributed by atoms with E-state index in [9.17, 15) is 4.79 Å². The van der Waals surface area contributed by atoms with Crippen LogP contribution >= 0.6 is 11.6 Å². The second-order valence-corrected chi connectivity index (χ2v) is 7.46. The van der Waals surface area contributed by atoms with Gasteiger partial charge in [-0.2, -0.15) is 5.10 Å². The van der Waals surface area contributed by atoms with Crippen molar-refractivity contribution < 1.29 is 9.21 Å². The highest BCUT2D eigenvalue weighted by molar-refractivity contribution is 6.31. The molecule has 27 heavy (non-hydrogen) atoms. The number of carbonyl (C=O) groups excluding carboxylic acids is 1. The van der Waals surface area contributed by atoms with E-state index in [0.717, 1.165) is 35.7 Å². The lowest BCUT2D eigenvalue weighted by molar-refractivity contribution is 0.0652. The molecule has 1 unspecified atom stereocenters. The van der Waals surface area contributed by atoms with Crippen molar-refractivity contribution >= 4 is 17.5 Å². The number of aromatic nitrogens is 2. The quantitative estimate of drug-likeness (QED) is 0.615. The van der Waals surface area contributed by atoms with Crippen molar-refractivity contribution in [1.82, 2.24) is 14.7 Å². The van der Waals surface area contributed by atoms with Gasteiger partial charge in [0.1, 0.15) is 5.76 Å². The highest BCUT2D eigenvalue weighted by Gasteiger charge is 2.37. The van der Waals surface area contributed by atoms with Crippen molar-refractivity contribution in [2.75, 3.05) is 0 Å². The third-order valence-corrected chi connectivity index (χ3v) is 5.66. The van der Waals surface area contributed by atoms with E-state index in [-0.39, 0.29) is 18.0 Å². The topological polar surface area (TPSA) is 51.3 Å². The van der Waals surface area contributed by atoms with Crippen LogP contribution in [0.1, 0.15) is 53.3 Å². The van der Waals surface area contributed by atoms with E-state index in [1.807, 2.05) is 62.1 Å². The molecule has 1 amide bonds. The zero-order chi connectivity index (χ0) is 19.1. The lowest BCUT2D eigenvalue weighted by atomic mass is 10.1. The number of carbonyl (C=O) groups is 1. The van der Waals surface area contributed by atoms with Gasteiger partial charge in [0.25, 0.3) is 5.91 Å². The summed E-state index contributed by atoms with van der Waals surface area (Å²) < 4.78 is 7.33. The molecule has 1 atom stereocenters. The average molecular weight is 384 g/mol. The molecule has 2 aromatic heterocycles. The number of furan rings is 1. The van der Waals surface area contributed by atoms with Gasteiger partial charge in [-0.25, -0.2) is 4.68 Å². The van der Waals surface area contributed by atoms with Crippen LogP contribution in [0, 0.1) is 13.8 Å². The molecule has 0 N–H and O–H groups in total. The van der Waals surface area contributed by atoms with Crippen LogP contribution < -0.4 is 0 Å². The smallest absolute Gasteiger partial charge is 0.254 e. The minimum atomic E-state index is -0.0884. The van der Waals surface area contributed by atoms with Crippen molar-refractivity contribution in [1.29, 1.82) is 0 Å². The largest absolute Gasteiger partial charge is 0.467 e. The molecule has 140 valence electrons. The summed E-state index contributed by atoms with van der Waals surface area (Å²) in [5, 5.41) is 5.14. The number of benzene rings is 1. The van der Waals surface area contributed by atoms with Gasteiger partial charge in [-0.1, -0.05) is 11.6 Å². The molecule has 1 fully saturated rings. The predicted molar refractivity (Wildman–Crippen MR) is 104 cm³/mol. The zero-order valence-corrected chi connectivity index (χ0v) is 16.4. The fraction of sp³-hybridized carbons (Fsp3) is 0.333. The van der Waals surface area contributed by atoms with Gasteiger partial charge in [0.2, 0.25) is 0 Å². The van der Waals surface area contributed by atoms with Gasteiger partial charge in [-0.3, -0.25) is 4.79 Å². The van der Waals surface area contributed by atoms with Gasteiger partial charge in [-0.15, -0.1) is 0 Å². The number of rotatable bonds is 5. The van der Waals surface area contributed by atoms with Crippen LogP contribution in [-0.4, -0.2) is 26.6 Å². The summed E-state index contributed by atoms with van der Waals surface area (Å²) in [6.45, 7) is 5.83. The second-order valence-electron chi connectivity index (χ2n) is 7.08. The molecule has 1 aromatic carbocycles. The van der Waals surface area contributed by atoms with E-state index in [1.165, 1.54) is 0 Å². The van der Waals surface area contributed by atoms with Crippen LogP contribution in [0.2, 0.25) is 5.02 Å². The Labute approximate surface area is 163 Å². The Hall–Kier alpha value is -2.53. The molecular formula is C21H22ClN3O2. The van der Waals surface area contributed by atoms with E-state index in [2.05, 4.69) is 5.10 Å². The Morgan fingerprint density at radius 3 is 2.48 bits per heavy atom. The Balaban J connectivity index is 1.60. The average Bonchev–Trinajstić information content (AvgIpc) is 3.28. The molecular weight excluding hydrogens is 362 g/mol. The van der Waals surface area contributed by atoms with Gasteiger partial charge in [0.05, 0.1) is 34.4 Å². The maximum atomic E-state index is 13.2. The highest BCUT2D eigenvalue weighted by atomic mass is 35.5. The molecule has 4 rings (SSSR count). The van der Waals surface area contributed by atoms with E-state index >= 15 is 0 Å². The minimum absolute atomic E-state index is 0.0272. The van der Waals surface area contributed by atoms with Crippen molar-refractivity contribution in [3.8, 4) is 5.69 Å². The normalized spacial score (nSPS) is 15.0. The molecule has 3 aromatic rings. The third-order valence-electron chi connectivity index (χ3n) is 5.11. The minimum Gasteiger partial charge on any atom is -0.467 e. The number of hydrogen-bond acceptors (Lipinski definition) is 3. The van der Waals surface area contributed by atoms with Crippen LogP contribution in [0.3, 0.4) is 0 Å². The summed E-state index contributed by atoms with van der Waals surface area (Å²) >= 11 is 6.24. The molecule has 5 nitrogen and oxygen atoms in total. The summed E-state index contributed by atoms with van der Waals surface area (Å²) in [5.41, 5.74) is 3.23. The number of hydrogen-bond donors (Lipinski definition) is 0. The number of nitrogens with zero attached hydrogens (tertiary/aromatic N) is 3. The fourth-order valence-electron chi connectivity index (χ4n) is 3.45. The first-order valence-electron chi connectivity index (χ1n) is 9.15. The molecule has 0 bridgehead atoms. The Bertz CT molecular complexity index is 956. The molecule has 2 heterocycles. The zero-order valence-electron chi connectivity index (χ0n) is 15.6. The Morgan fingerprint density at radius 1 is 1.26 bits per heavy atom. The Morgan fingerprint density at radius 2 is 1.96 bits per heavy atom. The Kier molecular flexibility index (Phi) is 4.56. The van der Waals surface area contributed by atoms with Crippen molar-refractivity contribution in [2.45, 2.75) is 45.7 Å². The molecule has 0 aliphatic heterocycles. The fourth-order valence-corrected chi connectivity index (χ4v) is 3.56. The maximum Gasteiger partial charge on any atom is 0.254 e. The SMILES string of the molecule is Cc1nn(-c2ccc(C(=O)N(C3CC3)C(C)c3ccco3)cc2)c(C)c1Cl. The van der Waals surface area contributed by atoms with Gasteiger partial charge in [0.15, 0.2) is 0 Å². The standard InChI is InChI=1S/C21H22ClN3O2/c1-13-20(22)15(3)25(23-13)18-8-6-16(7-9-18)21(26)24(17-10-11-17)14(2)19-5-4-12-27-19/h4-9,12,14,17H,10-11H2,1-3H3. The molecule has 6 heteroatoms. The third kappa shape index (κ3) is 3.28. The number of aryl methyl sites for hydroxylation is 1. The van der Waals surface area contributed by atoms with Crippen LogP contribution in [0.5, 0.6) is 0 Å². The summed E-state index contributed by atoms with van der Waals surface area (Å²) in [6, 6.07) is 11.5. The first kappa shape index (κ1) is 17.9. The summed E-state index contributed by atoms with van der Waals surface area (Å²) in [4.78, 5) is 15.1. The number of amides is 1. The molecule has 1 aliphatic carbocycles. The highest BCUT2D eigenvalue weighted by Crippen LogP contribution is 2.36. The van der Waals surface area contributed by atoms with Crippen LogP contribution in [0.25, 0.3) is 5.69 Å². The summed E-state index contributed by atoms with van der Waals surface area (Å²) in [7, 11) is 0. The van der Waals surface area contributed by atoms with Crippen LogP contribution in [0.15, 0.2) is 47.1 Å². The summed E-state index contributed by atoms with van der Waals surface area (Å²) in [5.74, 6) is 0.837. The van der Waals surface area contributed by atoms with Gasteiger partial charge in [-0.05, 0) is 70.0 Å². The first-order valence-corrected chi connectivity index (χ1v) is 9.53. The lowest BCUT2D eigenvalue weighted by Gasteiger charge is -2.28. The van der Waals surface area contributed by atoms with Crippen LogP contribution in [0.4, 0.5) is 0 Å². The van der Waals surface area contributed by atoms with E-state index in [4.69, 9.17) is 16.0 Å². The molecule has 0 saturated heterocycles. The van der Waals surface area contributed by atoms with Gasteiger partial charge >= 0.3 is 0 Å². The monoisotopic (exact) mass is 383 g/mol. The molecule has 1 aliphatic rings. The van der Waals surface area contributed by atoms with Crippen LogP contribution in [-0.2, 0) is 0 Å². The van der Waals surface area contributed by atoms with E-state index < -0.39 is 0 Å². The second kappa shape index (κ2) is 6.89. The maximum absolute atomic E-state index is 13.2. The predicted octanol–water partition coefficient (Wildman–Crippen LogP) is 5.10.